The highest BCUT2D eigenvalue weighted by atomic mass is 16.5. The molecule has 296 valence electrons. The number of nitrogens with one attached hydrogen (secondary N) is 2. The minimum Gasteiger partial charge on any atom is -0.480 e. The maximum Gasteiger partial charge on any atom is 0.328 e. The van der Waals surface area contributed by atoms with Crippen molar-refractivity contribution in [3.05, 3.63) is 60.8 Å². The third-order valence-electron chi connectivity index (χ3n) is 8.48. The normalized spacial score (nSPS) is 13.1. The van der Waals surface area contributed by atoms with Gasteiger partial charge in [-0.1, -0.05) is 126 Å². The first kappa shape index (κ1) is 48.5. The van der Waals surface area contributed by atoms with E-state index < -0.39 is 24.5 Å². The summed E-state index contributed by atoms with van der Waals surface area (Å²) in [5.74, 6) is -2.45. The van der Waals surface area contributed by atoms with Crippen LogP contribution in [0.1, 0.15) is 162 Å². The van der Waals surface area contributed by atoms with Crippen LogP contribution in [0.4, 0.5) is 0 Å². The molecule has 0 aromatic carbocycles. The summed E-state index contributed by atoms with van der Waals surface area (Å²) in [6.07, 6.45) is 44.1. The Bertz CT molecular complexity index is 1060. The molecule has 0 aromatic rings. The zero-order valence-electron chi connectivity index (χ0n) is 32.5. The number of rotatable bonds is 35. The summed E-state index contributed by atoms with van der Waals surface area (Å²) < 4.78 is 5.86. The fourth-order valence-electron chi connectivity index (χ4n) is 5.38. The van der Waals surface area contributed by atoms with Crippen molar-refractivity contribution in [1.82, 2.24) is 10.6 Å². The zero-order valence-corrected chi connectivity index (χ0v) is 32.5. The molecule has 0 aliphatic heterocycles. The highest BCUT2D eigenvalue weighted by molar-refractivity contribution is 5.87. The van der Waals surface area contributed by atoms with Crippen molar-refractivity contribution in [3.63, 3.8) is 0 Å². The van der Waals surface area contributed by atoms with E-state index in [2.05, 4.69) is 79.2 Å². The Balaban J connectivity index is 4.32. The summed E-state index contributed by atoms with van der Waals surface area (Å²) in [4.78, 5) is 47.4. The molecule has 9 heteroatoms. The maximum absolute atomic E-state index is 12.7. The van der Waals surface area contributed by atoms with Crippen molar-refractivity contribution in [2.45, 2.75) is 174 Å². The van der Waals surface area contributed by atoms with E-state index in [9.17, 15) is 19.2 Å². The van der Waals surface area contributed by atoms with Crippen molar-refractivity contribution in [3.8, 4) is 0 Å². The fraction of sp³-hybridized carbons (Fsp3) is 0.674. The average Bonchev–Trinajstić information content (AvgIpc) is 3.13. The largest absolute Gasteiger partial charge is 0.480 e. The summed E-state index contributed by atoms with van der Waals surface area (Å²) >= 11 is 0. The van der Waals surface area contributed by atoms with Crippen molar-refractivity contribution < 1.29 is 34.1 Å². The Morgan fingerprint density at radius 2 is 1.15 bits per heavy atom. The first-order valence-corrected chi connectivity index (χ1v) is 20.2. The fourth-order valence-corrected chi connectivity index (χ4v) is 5.38. The quantitative estimate of drug-likeness (QED) is 0.0289. The summed E-state index contributed by atoms with van der Waals surface area (Å²) in [6, 6.07) is -1.40. The van der Waals surface area contributed by atoms with Gasteiger partial charge in [-0.25, -0.2) is 4.79 Å². The van der Waals surface area contributed by atoms with E-state index in [1.54, 1.807) is 0 Å². The van der Waals surface area contributed by atoms with Crippen LogP contribution in [-0.4, -0.2) is 59.3 Å². The Morgan fingerprint density at radius 3 is 1.77 bits per heavy atom. The first-order valence-electron chi connectivity index (χ1n) is 20.2. The van der Waals surface area contributed by atoms with Crippen molar-refractivity contribution >= 4 is 23.8 Å². The molecule has 0 aliphatic carbocycles. The smallest absolute Gasteiger partial charge is 0.328 e. The van der Waals surface area contributed by atoms with E-state index in [-0.39, 0.29) is 30.9 Å². The summed E-state index contributed by atoms with van der Waals surface area (Å²) in [6.45, 7) is 3.28. The molecule has 2 atom stereocenters. The Labute approximate surface area is 315 Å². The standard InChI is InChI=1S/C43H72N2O7/c1-3-5-7-9-11-13-14-15-16-17-18-19-20-21-23-25-31-35-42(49)52-38(32-28-24-22-12-10-8-6-4-2)33-29-26-27-30-34-40(47)44-36-41(48)45-39(37-46)43(50)51/h6,8,11-13,15-16,22,28,32,38-39,46H,3-5,7,9-10,14,17-21,23-27,29-31,33-37H2,1-2H3,(H,44,47)(H,45,48)(H,50,51)/b8-6-,13-11-,16-15-,22-12-,32-28-. The number of carbonyl (C=O) groups excluding carboxylic acids is 3. The van der Waals surface area contributed by atoms with Crippen LogP contribution < -0.4 is 10.6 Å². The van der Waals surface area contributed by atoms with E-state index in [1.165, 1.54) is 51.4 Å². The molecule has 4 N–H and O–H groups in total. The van der Waals surface area contributed by atoms with Crippen LogP contribution in [0.2, 0.25) is 0 Å². The van der Waals surface area contributed by atoms with Gasteiger partial charge in [0.15, 0.2) is 0 Å². The van der Waals surface area contributed by atoms with Gasteiger partial charge in [0, 0.05) is 12.8 Å². The SMILES string of the molecule is CC/C=C\C/C=C\C/C=C\C(CCCCCCC(=O)NCC(=O)NC(CO)C(=O)O)OC(=O)CCCCCCCCC/C=C\C/C=C\CCCCC. The number of unbranched alkanes of at least 4 members (excludes halogenated alkanes) is 13. The Morgan fingerprint density at radius 1 is 0.615 bits per heavy atom. The number of hydrogen-bond acceptors (Lipinski definition) is 6. The van der Waals surface area contributed by atoms with E-state index in [4.69, 9.17) is 14.9 Å². The molecule has 0 radical (unpaired) electrons. The van der Waals surface area contributed by atoms with E-state index >= 15 is 0 Å². The molecule has 0 rings (SSSR count). The van der Waals surface area contributed by atoms with Gasteiger partial charge in [0.05, 0.1) is 13.2 Å². The monoisotopic (exact) mass is 729 g/mol. The van der Waals surface area contributed by atoms with Gasteiger partial charge in [0.1, 0.15) is 12.1 Å². The summed E-state index contributed by atoms with van der Waals surface area (Å²) in [5.41, 5.74) is 0. The van der Waals surface area contributed by atoms with E-state index in [0.29, 0.717) is 12.8 Å². The molecule has 0 fully saturated rings. The number of ether oxygens (including phenoxy) is 1. The van der Waals surface area contributed by atoms with Crippen LogP contribution in [0.15, 0.2) is 60.8 Å². The molecule has 0 saturated heterocycles. The number of carbonyl (C=O) groups is 4. The van der Waals surface area contributed by atoms with Gasteiger partial charge in [0.25, 0.3) is 0 Å². The van der Waals surface area contributed by atoms with Gasteiger partial charge in [-0.05, 0) is 83.1 Å². The minimum atomic E-state index is -1.40. The van der Waals surface area contributed by atoms with Gasteiger partial charge in [-0.2, -0.15) is 0 Å². The van der Waals surface area contributed by atoms with Gasteiger partial charge in [0.2, 0.25) is 11.8 Å². The van der Waals surface area contributed by atoms with Crippen LogP contribution in [0, 0.1) is 0 Å². The molecular formula is C43H72N2O7. The molecule has 0 aliphatic rings. The Kier molecular flexibility index (Phi) is 34.8. The molecule has 9 nitrogen and oxygen atoms in total. The number of aliphatic carboxylic acids is 1. The molecule has 0 aromatic heterocycles. The second-order valence-corrected chi connectivity index (χ2v) is 13.3. The van der Waals surface area contributed by atoms with E-state index in [0.717, 1.165) is 77.0 Å². The molecule has 0 bridgehead atoms. The highest BCUT2D eigenvalue weighted by Gasteiger charge is 2.18. The molecule has 0 spiro atoms. The van der Waals surface area contributed by atoms with Gasteiger partial charge >= 0.3 is 11.9 Å². The second kappa shape index (κ2) is 37.3. The maximum atomic E-state index is 12.7. The predicted molar refractivity (Wildman–Crippen MR) is 213 cm³/mol. The number of amides is 2. The van der Waals surface area contributed by atoms with Crippen LogP contribution >= 0.6 is 0 Å². The van der Waals surface area contributed by atoms with Crippen LogP contribution in [-0.2, 0) is 23.9 Å². The van der Waals surface area contributed by atoms with Crippen molar-refractivity contribution in [2.75, 3.05) is 13.2 Å². The topological polar surface area (TPSA) is 142 Å². The Hall–Kier alpha value is -3.46. The molecule has 52 heavy (non-hydrogen) atoms. The first-order chi connectivity index (χ1) is 25.3. The average molecular weight is 729 g/mol. The molecule has 0 saturated carbocycles. The van der Waals surface area contributed by atoms with E-state index in [1.807, 2.05) is 6.08 Å². The third-order valence-corrected chi connectivity index (χ3v) is 8.48. The number of carboxylic acids is 1. The molecule has 2 amide bonds. The van der Waals surface area contributed by atoms with Crippen LogP contribution in [0.25, 0.3) is 0 Å². The second-order valence-electron chi connectivity index (χ2n) is 13.3. The van der Waals surface area contributed by atoms with Crippen molar-refractivity contribution in [1.29, 1.82) is 0 Å². The molecule has 2 unspecified atom stereocenters. The van der Waals surface area contributed by atoms with Gasteiger partial charge in [-0.3, -0.25) is 14.4 Å². The lowest BCUT2D eigenvalue weighted by molar-refractivity contribution is -0.147. The zero-order chi connectivity index (χ0) is 38.3. The lowest BCUT2D eigenvalue weighted by atomic mass is 10.1. The minimum absolute atomic E-state index is 0.146. The van der Waals surface area contributed by atoms with Crippen LogP contribution in [0.3, 0.4) is 0 Å². The van der Waals surface area contributed by atoms with Crippen molar-refractivity contribution in [2.24, 2.45) is 0 Å². The number of allylic oxidation sites excluding steroid dienone is 9. The number of aliphatic hydroxyl groups is 1. The molecular weight excluding hydrogens is 656 g/mol. The van der Waals surface area contributed by atoms with Gasteiger partial charge in [-0.15, -0.1) is 0 Å². The molecule has 0 heterocycles. The number of carboxylic acid groups (broad SMARTS) is 1. The number of hydrogen-bond donors (Lipinski definition) is 4. The predicted octanol–water partition coefficient (Wildman–Crippen LogP) is 9.37. The van der Waals surface area contributed by atoms with Gasteiger partial charge < -0.3 is 25.6 Å². The highest BCUT2D eigenvalue weighted by Crippen LogP contribution is 2.15. The lowest BCUT2D eigenvalue weighted by Gasteiger charge is -2.15. The van der Waals surface area contributed by atoms with Crippen LogP contribution in [0.5, 0.6) is 0 Å². The number of esters is 1. The summed E-state index contributed by atoms with van der Waals surface area (Å²) in [7, 11) is 0. The number of aliphatic hydroxyl groups excluding tert-OH is 1. The third kappa shape index (κ3) is 33.7. The summed E-state index contributed by atoms with van der Waals surface area (Å²) in [5, 5.41) is 22.5. The lowest BCUT2D eigenvalue weighted by Crippen LogP contribution is -2.47.